The van der Waals surface area contributed by atoms with Gasteiger partial charge in [-0.3, -0.25) is 0 Å². The summed E-state index contributed by atoms with van der Waals surface area (Å²) < 4.78 is 0. The fourth-order valence-corrected chi connectivity index (χ4v) is 4.48. The van der Waals surface area contributed by atoms with Gasteiger partial charge in [0.05, 0.1) is 17.1 Å². The number of hydrogen-bond acceptors (Lipinski definition) is 3. The predicted octanol–water partition coefficient (Wildman–Crippen LogP) is 2.16. The molecule has 3 nitrogen and oxygen atoms in total. The smallest absolute Gasteiger partial charge is 0.0886 e. The number of hydrogen-bond donors (Lipinski definition) is 1. The van der Waals surface area contributed by atoms with Gasteiger partial charge in [0.15, 0.2) is 0 Å². The Morgan fingerprint density at radius 1 is 1.17 bits per heavy atom. The van der Waals surface area contributed by atoms with Crippen LogP contribution in [0.3, 0.4) is 0 Å². The summed E-state index contributed by atoms with van der Waals surface area (Å²) in [6.07, 6.45) is 5.89. The summed E-state index contributed by atoms with van der Waals surface area (Å²) in [4.78, 5) is 2.44. The molecule has 1 N–H and O–H groups in total. The van der Waals surface area contributed by atoms with Crippen LogP contribution >= 0.6 is 0 Å². The summed E-state index contributed by atoms with van der Waals surface area (Å²) in [7, 11) is 0. The second-order valence-corrected chi connectivity index (χ2v) is 6.84. The van der Waals surface area contributed by atoms with Gasteiger partial charge in [-0.1, -0.05) is 6.92 Å². The van der Waals surface area contributed by atoms with Crippen LogP contribution in [0.5, 0.6) is 0 Å². The van der Waals surface area contributed by atoms with Gasteiger partial charge in [0.1, 0.15) is 0 Å². The van der Waals surface area contributed by atoms with Crippen LogP contribution in [0.1, 0.15) is 45.4 Å². The van der Waals surface area contributed by atoms with Crippen LogP contribution in [0.25, 0.3) is 0 Å². The molecule has 1 saturated carbocycles. The number of fused-ring (bicyclic) bond motifs is 2. The van der Waals surface area contributed by atoms with Crippen molar-refractivity contribution >= 4 is 0 Å². The van der Waals surface area contributed by atoms with Gasteiger partial charge in [0.25, 0.3) is 0 Å². The minimum Gasteiger partial charge on any atom is -0.388 e. The molecule has 3 unspecified atom stereocenters. The Labute approximate surface area is 110 Å². The minimum absolute atomic E-state index is 0.333. The first-order chi connectivity index (χ1) is 8.60. The molecule has 1 aliphatic carbocycles. The fourth-order valence-electron chi connectivity index (χ4n) is 4.48. The molecule has 0 aromatic carbocycles. The molecule has 3 heteroatoms. The highest BCUT2D eigenvalue weighted by molar-refractivity contribution is 5.17. The first-order valence-corrected chi connectivity index (χ1v) is 7.46. The molecule has 18 heavy (non-hydrogen) atoms. The van der Waals surface area contributed by atoms with E-state index in [0.717, 1.165) is 64.1 Å². The lowest BCUT2D eigenvalue weighted by Crippen LogP contribution is -2.58. The van der Waals surface area contributed by atoms with Gasteiger partial charge >= 0.3 is 0 Å². The maximum Gasteiger partial charge on any atom is 0.0886 e. The Morgan fingerprint density at radius 3 is 2.56 bits per heavy atom. The van der Waals surface area contributed by atoms with Crippen LogP contribution in [0.15, 0.2) is 0 Å². The second-order valence-electron chi connectivity index (χ2n) is 6.84. The molecule has 0 amide bonds. The zero-order chi connectivity index (χ0) is 12.8. The quantitative estimate of drug-likeness (QED) is 0.773. The molecule has 0 radical (unpaired) electrons. The summed E-state index contributed by atoms with van der Waals surface area (Å²) in [6.45, 7) is 5.37. The van der Waals surface area contributed by atoms with Crippen LogP contribution in [0.2, 0.25) is 0 Å². The number of nitriles is 1. The summed E-state index contributed by atoms with van der Waals surface area (Å²) in [5, 5.41) is 21.0. The topological polar surface area (TPSA) is 47.3 Å². The number of rotatable bonds is 1. The molecule has 3 fully saturated rings. The van der Waals surface area contributed by atoms with Gasteiger partial charge in [0.2, 0.25) is 0 Å². The van der Waals surface area contributed by atoms with E-state index in [4.69, 9.17) is 0 Å². The average molecular weight is 248 g/mol. The normalized spacial score (nSPS) is 51.9. The predicted molar refractivity (Wildman–Crippen MR) is 69.8 cm³/mol. The fraction of sp³-hybridized carbons (Fsp3) is 0.933. The van der Waals surface area contributed by atoms with Crippen LogP contribution in [-0.4, -0.2) is 35.2 Å². The molecule has 0 aromatic heterocycles. The molecule has 0 spiro atoms. The first kappa shape index (κ1) is 12.4. The van der Waals surface area contributed by atoms with E-state index in [1.165, 1.54) is 0 Å². The minimum atomic E-state index is -0.713. The number of aliphatic hydroxyl groups is 1. The van der Waals surface area contributed by atoms with Crippen molar-refractivity contribution in [3.05, 3.63) is 0 Å². The zero-order valence-electron chi connectivity index (χ0n) is 11.4. The Bertz CT molecular complexity index is 367. The maximum absolute atomic E-state index is 11.3. The monoisotopic (exact) mass is 248 g/mol. The largest absolute Gasteiger partial charge is 0.388 e. The highest BCUT2D eigenvalue weighted by Crippen LogP contribution is 2.54. The van der Waals surface area contributed by atoms with E-state index in [2.05, 4.69) is 17.9 Å². The van der Waals surface area contributed by atoms with Crippen molar-refractivity contribution in [2.45, 2.75) is 51.0 Å². The molecule has 2 aliphatic heterocycles. The van der Waals surface area contributed by atoms with E-state index >= 15 is 0 Å². The molecular formula is C15H24N2O. The third kappa shape index (κ3) is 1.62. The van der Waals surface area contributed by atoms with Gasteiger partial charge < -0.3 is 10.0 Å². The lowest BCUT2D eigenvalue weighted by molar-refractivity contribution is -0.135. The molecule has 2 saturated heterocycles. The van der Waals surface area contributed by atoms with Gasteiger partial charge in [-0.25, -0.2) is 0 Å². The van der Waals surface area contributed by atoms with Gasteiger partial charge in [-0.05, 0) is 51.0 Å². The molecule has 2 heterocycles. The van der Waals surface area contributed by atoms with Gasteiger partial charge in [0, 0.05) is 19.0 Å². The molecule has 0 aromatic rings. The van der Waals surface area contributed by atoms with E-state index in [9.17, 15) is 10.4 Å². The third-order valence-corrected chi connectivity index (χ3v) is 5.93. The Balaban J connectivity index is 1.88. The van der Waals surface area contributed by atoms with Crippen molar-refractivity contribution in [3.63, 3.8) is 0 Å². The highest BCUT2D eigenvalue weighted by atomic mass is 16.3. The van der Waals surface area contributed by atoms with Crippen LogP contribution in [-0.2, 0) is 0 Å². The van der Waals surface area contributed by atoms with Crippen molar-refractivity contribution in [1.29, 1.82) is 5.26 Å². The summed E-state index contributed by atoms with van der Waals surface area (Å²) in [6, 6.07) is 2.56. The lowest BCUT2D eigenvalue weighted by Gasteiger charge is -2.51. The van der Waals surface area contributed by atoms with Crippen molar-refractivity contribution < 1.29 is 5.11 Å². The maximum atomic E-state index is 11.3. The number of nitrogens with zero attached hydrogens (tertiary/aromatic N) is 2. The molecule has 100 valence electrons. The first-order valence-electron chi connectivity index (χ1n) is 7.46. The van der Waals surface area contributed by atoms with Crippen molar-refractivity contribution in [1.82, 2.24) is 4.90 Å². The van der Waals surface area contributed by atoms with Crippen molar-refractivity contribution in [2.24, 2.45) is 17.3 Å². The van der Waals surface area contributed by atoms with Crippen molar-refractivity contribution in [2.75, 3.05) is 19.6 Å². The molecule has 3 rings (SSSR count). The molecule has 3 aliphatic rings. The molecular weight excluding hydrogens is 224 g/mol. The van der Waals surface area contributed by atoms with Crippen LogP contribution in [0, 0.1) is 28.6 Å². The van der Waals surface area contributed by atoms with Crippen LogP contribution in [0.4, 0.5) is 0 Å². The zero-order valence-corrected chi connectivity index (χ0v) is 11.4. The molecule has 3 atom stereocenters. The third-order valence-electron chi connectivity index (χ3n) is 5.93. The van der Waals surface area contributed by atoms with E-state index < -0.39 is 11.0 Å². The van der Waals surface area contributed by atoms with E-state index in [-0.39, 0.29) is 0 Å². The van der Waals surface area contributed by atoms with E-state index in [1.807, 2.05) is 0 Å². The Hall–Kier alpha value is -0.590. The summed E-state index contributed by atoms with van der Waals surface area (Å²) in [5.74, 6) is 1.05. The standard InChI is InChI=1S/C15H24N2O/c1-12-2-5-14(11-16,6-3-12)15(18)7-9-17-8-4-13(15)10-17/h12-13,18H,2-10H2,1H3. The number of piperidine rings is 1. The highest BCUT2D eigenvalue weighted by Gasteiger charge is 2.58. The van der Waals surface area contributed by atoms with Crippen LogP contribution < -0.4 is 0 Å². The van der Waals surface area contributed by atoms with E-state index in [0.29, 0.717) is 5.92 Å². The van der Waals surface area contributed by atoms with Crippen molar-refractivity contribution in [3.8, 4) is 6.07 Å². The Morgan fingerprint density at radius 2 is 1.89 bits per heavy atom. The lowest BCUT2D eigenvalue weighted by atomic mass is 9.56. The van der Waals surface area contributed by atoms with E-state index in [1.54, 1.807) is 0 Å². The van der Waals surface area contributed by atoms with Gasteiger partial charge in [-0.15, -0.1) is 0 Å². The van der Waals surface area contributed by atoms with Gasteiger partial charge in [-0.2, -0.15) is 5.26 Å². The molecule has 2 bridgehead atoms. The average Bonchev–Trinajstić information content (AvgIpc) is 2.80. The second kappa shape index (κ2) is 4.21. The SMILES string of the molecule is CC1CCC(C#N)(C2(O)CCN3CCC2C3)CC1. The summed E-state index contributed by atoms with van der Waals surface area (Å²) in [5.41, 5.74) is -1.17. The Kier molecular flexibility index (Phi) is 2.91. The summed E-state index contributed by atoms with van der Waals surface area (Å²) >= 11 is 0.